The molecule has 5 rings (SSSR count). The van der Waals surface area contributed by atoms with Crippen LogP contribution < -0.4 is 5.32 Å². The molecule has 4 aromatic rings. The Morgan fingerprint density at radius 2 is 1.96 bits per heavy atom. The van der Waals surface area contributed by atoms with E-state index in [9.17, 15) is 0 Å². The number of aromatic nitrogens is 2. The molecular formula is C22H21N3. The van der Waals surface area contributed by atoms with Crippen molar-refractivity contribution in [2.45, 2.75) is 26.3 Å². The van der Waals surface area contributed by atoms with Gasteiger partial charge in [-0.2, -0.15) is 0 Å². The van der Waals surface area contributed by atoms with E-state index in [0.717, 1.165) is 13.0 Å². The SMILES string of the molecule is Cc1cc(C)c2[nH]c3c(c2c1)CCNC3c1ccc2cnccc2c1. The first-order valence-corrected chi connectivity index (χ1v) is 8.89. The third-order valence-electron chi connectivity index (χ3n) is 5.40. The highest BCUT2D eigenvalue weighted by molar-refractivity contribution is 5.89. The van der Waals surface area contributed by atoms with Gasteiger partial charge in [0.05, 0.1) is 6.04 Å². The molecule has 124 valence electrons. The van der Waals surface area contributed by atoms with Crippen LogP contribution in [0.1, 0.15) is 34.0 Å². The second kappa shape index (κ2) is 5.43. The molecule has 3 heterocycles. The summed E-state index contributed by atoms with van der Waals surface area (Å²) < 4.78 is 0. The number of benzene rings is 2. The van der Waals surface area contributed by atoms with Gasteiger partial charge in [0, 0.05) is 40.9 Å². The number of hydrogen-bond donors (Lipinski definition) is 2. The van der Waals surface area contributed by atoms with E-state index in [1.807, 2.05) is 12.4 Å². The highest BCUT2D eigenvalue weighted by Crippen LogP contribution is 2.35. The van der Waals surface area contributed by atoms with Gasteiger partial charge in [0.2, 0.25) is 0 Å². The van der Waals surface area contributed by atoms with Crippen molar-refractivity contribution in [1.82, 2.24) is 15.3 Å². The Hall–Kier alpha value is -2.65. The number of aromatic amines is 1. The molecule has 25 heavy (non-hydrogen) atoms. The molecule has 0 radical (unpaired) electrons. The number of aryl methyl sites for hydroxylation is 2. The van der Waals surface area contributed by atoms with Crippen molar-refractivity contribution >= 4 is 21.7 Å². The van der Waals surface area contributed by atoms with Gasteiger partial charge < -0.3 is 10.3 Å². The number of fused-ring (bicyclic) bond motifs is 4. The lowest BCUT2D eigenvalue weighted by Gasteiger charge is -2.25. The molecule has 0 spiro atoms. The van der Waals surface area contributed by atoms with Crippen molar-refractivity contribution < 1.29 is 0 Å². The summed E-state index contributed by atoms with van der Waals surface area (Å²) in [5.41, 5.74) is 8.05. The molecule has 0 aliphatic carbocycles. The zero-order valence-electron chi connectivity index (χ0n) is 14.6. The number of nitrogens with one attached hydrogen (secondary N) is 2. The molecular weight excluding hydrogens is 306 g/mol. The Labute approximate surface area is 147 Å². The minimum absolute atomic E-state index is 0.216. The largest absolute Gasteiger partial charge is 0.356 e. The zero-order chi connectivity index (χ0) is 17.0. The van der Waals surface area contributed by atoms with Crippen LogP contribution in [0.4, 0.5) is 0 Å². The molecule has 3 heteroatoms. The minimum Gasteiger partial charge on any atom is -0.356 e. The number of pyridine rings is 1. The predicted molar refractivity (Wildman–Crippen MR) is 103 cm³/mol. The zero-order valence-corrected chi connectivity index (χ0v) is 14.6. The summed E-state index contributed by atoms with van der Waals surface area (Å²) in [6.45, 7) is 5.39. The number of rotatable bonds is 1. The summed E-state index contributed by atoms with van der Waals surface area (Å²) >= 11 is 0. The van der Waals surface area contributed by atoms with E-state index in [1.165, 1.54) is 49.6 Å². The van der Waals surface area contributed by atoms with E-state index in [0.29, 0.717) is 0 Å². The van der Waals surface area contributed by atoms with Crippen LogP contribution >= 0.6 is 0 Å². The first-order valence-electron chi connectivity index (χ1n) is 8.89. The van der Waals surface area contributed by atoms with Gasteiger partial charge in [-0.1, -0.05) is 23.8 Å². The molecule has 0 saturated heterocycles. The summed E-state index contributed by atoms with van der Waals surface area (Å²) in [4.78, 5) is 7.95. The molecule has 2 N–H and O–H groups in total. The third kappa shape index (κ3) is 2.27. The van der Waals surface area contributed by atoms with E-state index in [-0.39, 0.29) is 6.04 Å². The molecule has 0 bridgehead atoms. The van der Waals surface area contributed by atoms with Gasteiger partial charge in [0.25, 0.3) is 0 Å². The molecule has 0 saturated carbocycles. The van der Waals surface area contributed by atoms with Crippen LogP contribution in [0.2, 0.25) is 0 Å². The average molecular weight is 327 g/mol. The topological polar surface area (TPSA) is 40.7 Å². The van der Waals surface area contributed by atoms with Gasteiger partial charge in [-0.25, -0.2) is 0 Å². The van der Waals surface area contributed by atoms with Crippen molar-refractivity contribution in [2.24, 2.45) is 0 Å². The van der Waals surface area contributed by atoms with Crippen LogP contribution in [0, 0.1) is 13.8 Å². The second-order valence-electron chi connectivity index (χ2n) is 7.14. The highest BCUT2D eigenvalue weighted by atomic mass is 15.0. The van der Waals surface area contributed by atoms with E-state index in [4.69, 9.17) is 0 Å². The number of hydrogen-bond acceptors (Lipinski definition) is 2. The molecule has 1 aliphatic heterocycles. The Kier molecular flexibility index (Phi) is 3.19. The van der Waals surface area contributed by atoms with Crippen LogP contribution in [0.25, 0.3) is 21.7 Å². The van der Waals surface area contributed by atoms with Gasteiger partial charge in [-0.15, -0.1) is 0 Å². The summed E-state index contributed by atoms with van der Waals surface area (Å²) in [6, 6.07) is 13.6. The molecule has 1 unspecified atom stereocenters. The maximum absolute atomic E-state index is 4.22. The first-order chi connectivity index (χ1) is 12.2. The molecule has 0 fully saturated rings. The van der Waals surface area contributed by atoms with Crippen LogP contribution in [0.3, 0.4) is 0 Å². The Morgan fingerprint density at radius 1 is 1.04 bits per heavy atom. The Morgan fingerprint density at radius 3 is 2.88 bits per heavy atom. The molecule has 2 aromatic heterocycles. The van der Waals surface area contributed by atoms with Crippen LogP contribution in [0.5, 0.6) is 0 Å². The normalized spacial score (nSPS) is 17.1. The second-order valence-corrected chi connectivity index (χ2v) is 7.14. The molecule has 1 atom stereocenters. The fraction of sp³-hybridized carbons (Fsp3) is 0.227. The maximum Gasteiger partial charge on any atom is 0.0732 e. The van der Waals surface area contributed by atoms with Gasteiger partial charge in [-0.3, -0.25) is 4.98 Å². The standard InChI is InChI=1S/C22H21N3/c1-13-9-14(2)20-19(10-13)18-6-8-24-21(22(18)25-20)16-3-4-17-12-23-7-5-15(17)11-16/h3-5,7,9-12,21,24-25H,6,8H2,1-2H3. The van der Waals surface area contributed by atoms with Crippen LogP contribution in [0.15, 0.2) is 48.8 Å². The van der Waals surface area contributed by atoms with Crippen LogP contribution in [-0.2, 0) is 6.42 Å². The fourth-order valence-electron chi connectivity index (χ4n) is 4.25. The molecule has 3 nitrogen and oxygen atoms in total. The fourth-order valence-corrected chi connectivity index (χ4v) is 4.25. The average Bonchev–Trinajstić information content (AvgIpc) is 3.00. The smallest absolute Gasteiger partial charge is 0.0732 e. The van der Waals surface area contributed by atoms with Gasteiger partial charge >= 0.3 is 0 Å². The van der Waals surface area contributed by atoms with Crippen molar-refractivity contribution in [3.05, 3.63) is 76.7 Å². The lowest BCUT2D eigenvalue weighted by atomic mass is 9.93. The summed E-state index contributed by atoms with van der Waals surface area (Å²) in [7, 11) is 0. The lowest BCUT2D eigenvalue weighted by molar-refractivity contribution is 0.561. The Bertz CT molecular complexity index is 1110. The van der Waals surface area contributed by atoms with Crippen molar-refractivity contribution in [3.63, 3.8) is 0 Å². The number of nitrogens with zero attached hydrogens (tertiary/aromatic N) is 1. The van der Waals surface area contributed by atoms with Gasteiger partial charge in [-0.05, 0) is 60.5 Å². The predicted octanol–water partition coefficient (Wildman–Crippen LogP) is 4.57. The van der Waals surface area contributed by atoms with Gasteiger partial charge in [0.15, 0.2) is 0 Å². The van der Waals surface area contributed by atoms with Crippen LogP contribution in [-0.4, -0.2) is 16.5 Å². The third-order valence-corrected chi connectivity index (χ3v) is 5.40. The quantitative estimate of drug-likeness (QED) is 0.538. The van der Waals surface area contributed by atoms with E-state index in [2.05, 4.69) is 65.5 Å². The minimum atomic E-state index is 0.216. The van der Waals surface area contributed by atoms with Crippen molar-refractivity contribution in [3.8, 4) is 0 Å². The van der Waals surface area contributed by atoms with Gasteiger partial charge in [0.1, 0.15) is 0 Å². The summed E-state index contributed by atoms with van der Waals surface area (Å²) in [6.07, 6.45) is 4.86. The summed E-state index contributed by atoms with van der Waals surface area (Å²) in [5, 5.41) is 7.52. The summed E-state index contributed by atoms with van der Waals surface area (Å²) in [5.74, 6) is 0. The Balaban J connectivity index is 1.70. The molecule has 1 aliphatic rings. The monoisotopic (exact) mass is 327 g/mol. The van der Waals surface area contributed by atoms with E-state index < -0.39 is 0 Å². The lowest BCUT2D eigenvalue weighted by Crippen LogP contribution is -2.30. The highest BCUT2D eigenvalue weighted by Gasteiger charge is 2.25. The first kappa shape index (κ1) is 14.7. The van der Waals surface area contributed by atoms with Crippen molar-refractivity contribution in [2.75, 3.05) is 6.54 Å². The van der Waals surface area contributed by atoms with E-state index in [1.54, 1.807) is 0 Å². The molecule has 0 amide bonds. The number of H-pyrrole nitrogens is 1. The van der Waals surface area contributed by atoms with Crippen molar-refractivity contribution in [1.29, 1.82) is 0 Å². The molecule has 2 aromatic carbocycles. The maximum atomic E-state index is 4.22. The van der Waals surface area contributed by atoms with E-state index >= 15 is 0 Å².